The number of halogens is 2. The Morgan fingerprint density at radius 2 is 1.86 bits per heavy atom. The fourth-order valence-electron chi connectivity index (χ4n) is 5.69. The van der Waals surface area contributed by atoms with E-state index >= 15 is 4.39 Å². The van der Waals surface area contributed by atoms with Gasteiger partial charge in [0.2, 0.25) is 5.95 Å². The van der Waals surface area contributed by atoms with Gasteiger partial charge in [0.15, 0.2) is 0 Å². The van der Waals surface area contributed by atoms with E-state index in [0.717, 1.165) is 42.9 Å². The fourth-order valence-corrected chi connectivity index (χ4v) is 5.86. The summed E-state index contributed by atoms with van der Waals surface area (Å²) in [5.74, 6) is 0.276. The highest BCUT2D eigenvalue weighted by Gasteiger charge is 2.47. The van der Waals surface area contributed by atoms with Crippen LogP contribution in [0, 0.1) is 5.82 Å². The molecule has 7 rings (SSSR count). The summed E-state index contributed by atoms with van der Waals surface area (Å²) in [4.78, 5) is 15.9. The van der Waals surface area contributed by atoms with E-state index in [2.05, 4.69) is 20.9 Å². The summed E-state index contributed by atoms with van der Waals surface area (Å²) in [6, 6.07) is 7.49. The molecule has 1 unspecified atom stereocenters. The van der Waals surface area contributed by atoms with Crippen molar-refractivity contribution < 1.29 is 13.9 Å². The molecule has 1 spiro atoms. The third-order valence-electron chi connectivity index (χ3n) is 7.35. The first-order valence-corrected chi connectivity index (χ1v) is 12.3. The highest BCUT2D eigenvalue weighted by atomic mass is 35.5. The molecule has 7 nitrogen and oxygen atoms in total. The molecule has 0 radical (unpaired) electrons. The number of pyridine rings is 1. The molecule has 0 N–H and O–H groups in total. The predicted octanol–water partition coefficient (Wildman–Crippen LogP) is 4.18. The maximum absolute atomic E-state index is 15.3. The van der Waals surface area contributed by atoms with Crippen LogP contribution in [-0.2, 0) is 27.9 Å². The summed E-state index contributed by atoms with van der Waals surface area (Å²) >= 11 is 6.39. The Balaban J connectivity index is 1.35. The van der Waals surface area contributed by atoms with Crippen molar-refractivity contribution in [1.82, 2.24) is 19.4 Å². The van der Waals surface area contributed by atoms with Crippen molar-refractivity contribution in [3.63, 3.8) is 0 Å². The molecule has 2 aliphatic heterocycles. The molecule has 0 saturated carbocycles. The first-order chi connectivity index (χ1) is 17.1. The van der Waals surface area contributed by atoms with E-state index in [4.69, 9.17) is 26.1 Å². The molecule has 1 fully saturated rings. The van der Waals surface area contributed by atoms with Crippen molar-refractivity contribution in [3.8, 4) is 11.1 Å². The van der Waals surface area contributed by atoms with E-state index in [-0.39, 0.29) is 5.82 Å². The van der Waals surface area contributed by atoms with E-state index in [9.17, 15) is 0 Å². The van der Waals surface area contributed by atoms with Gasteiger partial charge in [0.1, 0.15) is 17.1 Å². The molecule has 9 heteroatoms. The molecule has 178 valence electrons. The second kappa shape index (κ2) is 7.98. The number of hydrogen-bond acceptors (Lipinski definition) is 6. The van der Waals surface area contributed by atoms with Crippen LogP contribution in [0.3, 0.4) is 0 Å². The number of anilines is 1. The number of aromatic nitrogens is 4. The largest absolute Gasteiger partial charge is 0.378 e. The smallest absolute Gasteiger partial charge is 0.225 e. The van der Waals surface area contributed by atoms with E-state index < -0.39 is 5.60 Å². The van der Waals surface area contributed by atoms with Gasteiger partial charge in [0, 0.05) is 60.3 Å². The lowest BCUT2D eigenvalue weighted by molar-refractivity contribution is -0.0313. The number of nitrogens with zero attached hydrogens (tertiary/aromatic N) is 5. The summed E-state index contributed by atoms with van der Waals surface area (Å²) in [5, 5.41) is 0.679. The van der Waals surface area contributed by atoms with E-state index in [0.29, 0.717) is 54.0 Å². The molecule has 1 aliphatic carbocycles. The molecule has 5 heterocycles. The van der Waals surface area contributed by atoms with Gasteiger partial charge in [0.05, 0.1) is 31.2 Å². The minimum absolute atomic E-state index is 0.354. The lowest BCUT2D eigenvalue weighted by Gasteiger charge is -2.35. The minimum atomic E-state index is -0.640. The Bertz CT molecular complexity index is 1450. The maximum atomic E-state index is 15.3. The Morgan fingerprint density at radius 1 is 1.03 bits per heavy atom. The summed E-state index contributed by atoms with van der Waals surface area (Å²) in [6.07, 6.45) is 7.55. The zero-order valence-corrected chi connectivity index (χ0v) is 19.8. The number of aryl methyl sites for hydroxylation is 1. The summed E-state index contributed by atoms with van der Waals surface area (Å²) in [5.41, 5.74) is 5.19. The van der Waals surface area contributed by atoms with Crippen LogP contribution in [0.25, 0.3) is 16.8 Å². The first kappa shape index (κ1) is 21.2. The van der Waals surface area contributed by atoms with Crippen LogP contribution in [0.15, 0.2) is 42.9 Å². The van der Waals surface area contributed by atoms with Crippen molar-refractivity contribution in [2.24, 2.45) is 0 Å². The van der Waals surface area contributed by atoms with Gasteiger partial charge in [-0.05, 0) is 36.1 Å². The third kappa shape index (κ3) is 3.27. The van der Waals surface area contributed by atoms with Gasteiger partial charge in [-0.3, -0.25) is 4.40 Å². The molecule has 3 aliphatic rings. The van der Waals surface area contributed by atoms with Crippen LogP contribution >= 0.6 is 11.6 Å². The molecule has 0 amide bonds. The average Bonchev–Trinajstić information content (AvgIpc) is 3.43. The predicted molar refractivity (Wildman–Crippen MR) is 129 cm³/mol. The average molecular weight is 492 g/mol. The van der Waals surface area contributed by atoms with Gasteiger partial charge < -0.3 is 14.4 Å². The van der Waals surface area contributed by atoms with Gasteiger partial charge in [-0.2, -0.15) is 0 Å². The normalized spacial score (nSPS) is 21.5. The number of hydrogen-bond donors (Lipinski definition) is 0. The lowest BCUT2D eigenvalue weighted by atomic mass is 9.88. The van der Waals surface area contributed by atoms with E-state index in [1.54, 1.807) is 12.4 Å². The number of morpholine rings is 1. The van der Waals surface area contributed by atoms with E-state index in [1.165, 1.54) is 11.6 Å². The van der Waals surface area contributed by atoms with Crippen LogP contribution < -0.4 is 4.90 Å². The Hall–Kier alpha value is -3.07. The van der Waals surface area contributed by atoms with Crippen LogP contribution in [0.2, 0.25) is 5.02 Å². The van der Waals surface area contributed by atoms with Gasteiger partial charge >= 0.3 is 0 Å². The molecule has 1 saturated heterocycles. The van der Waals surface area contributed by atoms with Crippen LogP contribution in [0.5, 0.6) is 0 Å². The summed E-state index contributed by atoms with van der Waals surface area (Å²) in [6.45, 7) is 3.36. The minimum Gasteiger partial charge on any atom is -0.378 e. The second-order valence-corrected chi connectivity index (χ2v) is 9.70. The number of benzene rings is 1. The fraction of sp³-hybridized carbons (Fsp3) is 0.346. The standard InChI is InChI=1S/C26H23ClFN5O2/c27-18-2-1-16-3-5-26(20(16)11-18)24-22(4-8-35-26)31-23-12-21(28)19(15-33(23)24)17-13-29-25(30-14-17)32-6-9-34-10-7-32/h1-2,11-15H,3-10H2. The zero-order chi connectivity index (χ0) is 23.6. The quantitative estimate of drug-likeness (QED) is 0.419. The molecule has 3 aromatic heterocycles. The van der Waals surface area contributed by atoms with Gasteiger partial charge in [-0.25, -0.2) is 19.3 Å². The molecule has 0 bridgehead atoms. The van der Waals surface area contributed by atoms with Crippen molar-refractivity contribution >= 4 is 23.2 Å². The number of imidazole rings is 1. The highest BCUT2D eigenvalue weighted by Crippen LogP contribution is 2.49. The van der Waals surface area contributed by atoms with Crippen molar-refractivity contribution in [1.29, 1.82) is 0 Å². The molecular formula is C26H23ClFN5O2. The number of fused-ring (bicyclic) bond motifs is 6. The Labute approximate surface area is 206 Å². The summed E-state index contributed by atoms with van der Waals surface area (Å²) < 4.78 is 29.2. The van der Waals surface area contributed by atoms with Crippen molar-refractivity contribution in [3.05, 3.63) is 76.2 Å². The first-order valence-electron chi connectivity index (χ1n) is 11.9. The second-order valence-electron chi connectivity index (χ2n) is 9.27. The van der Waals surface area contributed by atoms with Gasteiger partial charge in [-0.15, -0.1) is 0 Å². The molecular weight excluding hydrogens is 469 g/mol. The molecule has 1 aromatic carbocycles. The van der Waals surface area contributed by atoms with E-state index in [1.807, 2.05) is 22.7 Å². The van der Waals surface area contributed by atoms with Gasteiger partial charge in [-0.1, -0.05) is 17.7 Å². The highest BCUT2D eigenvalue weighted by molar-refractivity contribution is 6.30. The number of ether oxygens (including phenoxy) is 2. The topological polar surface area (TPSA) is 64.8 Å². The lowest BCUT2D eigenvalue weighted by Crippen LogP contribution is -2.37. The van der Waals surface area contributed by atoms with Crippen molar-refractivity contribution in [2.45, 2.75) is 24.9 Å². The van der Waals surface area contributed by atoms with Gasteiger partial charge in [0.25, 0.3) is 0 Å². The molecule has 35 heavy (non-hydrogen) atoms. The van der Waals surface area contributed by atoms with Crippen molar-refractivity contribution in [2.75, 3.05) is 37.8 Å². The van der Waals surface area contributed by atoms with Crippen LogP contribution in [0.1, 0.15) is 28.9 Å². The maximum Gasteiger partial charge on any atom is 0.225 e. The monoisotopic (exact) mass is 491 g/mol. The van der Waals surface area contributed by atoms with Crippen LogP contribution in [-0.4, -0.2) is 52.3 Å². The molecule has 4 aromatic rings. The molecule has 1 atom stereocenters. The van der Waals surface area contributed by atoms with Crippen LogP contribution in [0.4, 0.5) is 10.3 Å². The zero-order valence-electron chi connectivity index (χ0n) is 19.0. The number of rotatable bonds is 2. The third-order valence-corrected chi connectivity index (χ3v) is 7.58. The summed E-state index contributed by atoms with van der Waals surface area (Å²) in [7, 11) is 0. The Kier molecular flexibility index (Phi) is 4.84. The SMILES string of the molecule is Fc1cc2nc3c(n2cc1-c1cnc(N2CCOCC2)nc1)C1(CCc2ccc(Cl)cc21)OCC3. The Morgan fingerprint density at radius 3 is 2.69 bits per heavy atom.